The summed E-state index contributed by atoms with van der Waals surface area (Å²) in [7, 11) is 0. The Bertz CT molecular complexity index is 278. The second kappa shape index (κ2) is 8.50. The number of likely N-dealkylation sites (tertiary alicyclic amines) is 1. The average molecular weight is 296 g/mol. The van der Waals surface area contributed by atoms with Gasteiger partial charge in [-0.2, -0.15) is 0 Å². The van der Waals surface area contributed by atoms with Crippen molar-refractivity contribution in [3.63, 3.8) is 0 Å². The number of nitrogens with two attached hydrogens (primary N) is 1. The zero-order valence-corrected chi connectivity index (χ0v) is 14.4. The Morgan fingerprint density at radius 1 is 1.10 bits per heavy atom. The van der Waals surface area contributed by atoms with Crippen LogP contribution in [0.15, 0.2) is 0 Å². The SMILES string of the molecule is CCCN(CCN1CCCC1)C1(CN)CCC(CC)CC1. The van der Waals surface area contributed by atoms with Crippen molar-refractivity contribution < 1.29 is 0 Å². The fourth-order valence-corrected chi connectivity index (χ4v) is 4.40. The van der Waals surface area contributed by atoms with Crippen LogP contribution in [0.2, 0.25) is 0 Å². The third-order valence-corrected chi connectivity index (χ3v) is 6.04. The van der Waals surface area contributed by atoms with Gasteiger partial charge in [-0.25, -0.2) is 0 Å². The molecule has 2 fully saturated rings. The third-order valence-electron chi connectivity index (χ3n) is 6.04. The van der Waals surface area contributed by atoms with Gasteiger partial charge in [0.2, 0.25) is 0 Å². The monoisotopic (exact) mass is 295 g/mol. The summed E-state index contributed by atoms with van der Waals surface area (Å²) >= 11 is 0. The van der Waals surface area contributed by atoms with Crippen LogP contribution in [0, 0.1) is 5.92 Å². The van der Waals surface area contributed by atoms with Gasteiger partial charge >= 0.3 is 0 Å². The van der Waals surface area contributed by atoms with E-state index in [1.807, 2.05) is 0 Å². The molecule has 1 saturated carbocycles. The van der Waals surface area contributed by atoms with Gasteiger partial charge in [-0.1, -0.05) is 20.3 Å². The van der Waals surface area contributed by atoms with Crippen LogP contribution in [0.4, 0.5) is 0 Å². The molecule has 0 spiro atoms. The van der Waals surface area contributed by atoms with Crippen molar-refractivity contribution in [2.45, 2.75) is 70.8 Å². The highest BCUT2D eigenvalue weighted by atomic mass is 15.2. The maximum atomic E-state index is 6.28. The molecule has 1 heterocycles. The van der Waals surface area contributed by atoms with Gasteiger partial charge in [-0.15, -0.1) is 0 Å². The van der Waals surface area contributed by atoms with Crippen LogP contribution >= 0.6 is 0 Å². The Labute approximate surface area is 132 Å². The van der Waals surface area contributed by atoms with E-state index < -0.39 is 0 Å². The number of nitrogens with zero attached hydrogens (tertiary/aromatic N) is 2. The number of hydrogen-bond donors (Lipinski definition) is 1. The van der Waals surface area contributed by atoms with Crippen LogP contribution < -0.4 is 5.73 Å². The summed E-state index contributed by atoms with van der Waals surface area (Å²) in [6.07, 6.45) is 10.8. The standard InChI is InChI=1S/C18H37N3/c1-3-11-21(15-14-20-12-5-6-13-20)18(16-19)9-7-17(4-2)8-10-18/h17H,3-16,19H2,1-2H3. The molecule has 2 rings (SSSR count). The Hall–Kier alpha value is -0.120. The van der Waals surface area contributed by atoms with Crippen LogP contribution in [0.5, 0.6) is 0 Å². The molecule has 0 aromatic rings. The van der Waals surface area contributed by atoms with Gasteiger partial charge < -0.3 is 10.6 Å². The van der Waals surface area contributed by atoms with Crippen LogP contribution in [0.1, 0.15) is 65.2 Å². The van der Waals surface area contributed by atoms with E-state index >= 15 is 0 Å². The molecule has 3 heteroatoms. The first-order chi connectivity index (χ1) is 10.2. The summed E-state index contributed by atoms with van der Waals surface area (Å²) in [6, 6.07) is 0. The Balaban J connectivity index is 1.93. The number of hydrogen-bond acceptors (Lipinski definition) is 3. The van der Waals surface area contributed by atoms with E-state index in [-0.39, 0.29) is 0 Å². The second-order valence-electron chi connectivity index (χ2n) is 7.32. The van der Waals surface area contributed by atoms with Crippen molar-refractivity contribution in [2.24, 2.45) is 11.7 Å². The van der Waals surface area contributed by atoms with Crippen molar-refractivity contribution >= 4 is 0 Å². The fourth-order valence-electron chi connectivity index (χ4n) is 4.40. The lowest BCUT2D eigenvalue weighted by Crippen LogP contribution is -2.57. The lowest BCUT2D eigenvalue weighted by Gasteiger charge is -2.48. The molecule has 0 radical (unpaired) electrons. The molecule has 2 N–H and O–H groups in total. The van der Waals surface area contributed by atoms with Crippen LogP contribution in [-0.2, 0) is 0 Å². The quantitative estimate of drug-likeness (QED) is 0.747. The maximum absolute atomic E-state index is 6.28. The molecule has 0 unspecified atom stereocenters. The van der Waals surface area contributed by atoms with E-state index in [1.54, 1.807) is 0 Å². The summed E-state index contributed by atoms with van der Waals surface area (Å²) in [4.78, 5) is 5.40. The molecule has 0 aromatic heterocycles. The van der Waals surface area contributed by atoms with Gasteiger partial charge in [0.25, 0.3) is 0 Å². The van der Waals surface area contributed by atoms with Gasteiger partial charge in [0.05, 0.1) is 0 Å². The summed E-state index contributed by atoms with van der Waals surface area (Å²) in [5, 5.41) is 0. The van der Waals surface area contributed by atoms with E-state index in [9.17, 15) is 0 Å². The molecule has 3 nitrogen and oxygen atoms in total. The van der Waals surface area contributed by atoms with E-state index in [1.165, 1.54) is 84.1 Å². The third kappa shape index (κ3) is 4.43. The van der Waals surface area contributed by atoms with Gasteiger partial charge in [0, 0.05) is 25.2 Å². The van der Waals surface area contributed by atoms with E-state index in [0.29, 0.717) is 5.54 Å². The lowest BCUT2D eigenvalue weighted by molar-refractivity contribution is 0.0351. The predicted molar refractivity (Wildman–Crippen MR) is 91.6 cm³/mol. The molecule has 124 valence electrons. The molecule has 0 bridgehead atoms. The first-order valence-electron chi connectivity index (χ1n) is 9.41. The lowest BCUT2D eigenvalue weighted by atomic mass is 9.74. The smallest absolute Gasteiger partial charge is 0.0332 e. The minimum atomic E-state index is 0.307. The molecule has 0 aromatic carbocycles. The first kappa shape index (κ1) is 17.2. The van der Waals surface area contributed by atoms with Crippen molar-refractivity contribution in [1.29, 1.82) is 0 Å². The maximum Gasteiger partial charge on any atom is 0.0332 e. The molecule has 0 amide bonds. The summed E-state index contributed by atoms with van der Waals surface area (Å²) in [5.74, 6) is 0.951. The number of rotatable bonds is 8. The van der Waals surface area contributed by atoms with Gasteiger partial charge in [0.1, 0.15) is 0 Å². The average Bonchev–Trinajstić information content (AvgIpc) is 3.05. The molecular formula is C18H37N3. The summed E-state index contributed by atoms with van der Waals surface area (Å²) < 4.78 is 0. The molecule has 2 aliphatic rings. The zero-order chi connectivity index (χ0) is 15.1. The van der Waals surface area contributed by atoms with Gasteiger partial charge in [-0.05, 0) is 70.5 Å². The van der Waals surface area contributed by atoms with Crippen molar-refractivity contribution in [3.05, 3.63) is 0 Å². The largest absolute Gasteiger partial charge is 0.329 e. The van der Waals surface area contributed by atoms with Crippen LogP contribution in [-0.4, -0.2) is 54.6 Å². The summed E-state index contributed by atoms with van der Waals surface area (Å²) in [5.41, 5.74) is 6.59. The Morgan fingerprint density at radius 2 is 1.76 bits per heavy atom. The van der Waals surface area contributed by atoms with Crippen LogP contribution in [0.25, 0.3) is 0 Å². The second-order valence-corrected chi connectivity index (χ2v) is 7.32. The molecule has 21 heavy (non-hydrogen) atoms. The summed E-state index contributed by atoms with van der Waals surface area (Å²) in [6.45, 7) is 11.8. The van der Waals surface area contributed by atoms with Crippen molar-refractivity contribution in [3.8, 4) is 0 Å². The molecule has 0 atom stereocenters. The predicted octanol–water partition coefficient (Wildman–Crippen LogP) is 3.09. The molecule has 1 saturated heterocycles. The zero-order valence-electron chi connectivity index (χ0n) is 14.4. The topological polar surface area (TPSA) is 32.5 Å². The van der Waals surface area contributed by atoms with Crippen molar-refractivity contribution in [2.75, 3.05) is 39.3 Å². The first-order valence-corrected chi connectivity index (χ1v) is 9.41. The Morgan fingerprint density at radius 3 is 2.29 bits per heavy atom. The van der Waals surface area contributed by atoms with E-state index in [0.717, 1.165) is 12.5 Å². The van der Waals surface area contributed by atoms with Crippen molar-refractivity contribution in [1.82, 2.24) is 9.80 Å². The van der Waals surface area contributed by atoms with Crippen LogP contribution in [0.3, 0.4) is 0 Å². The molecule has 1 aliphatic carbocycles. The van der Waals surface area contributed by atoms with Gasteiger partial charge in [0.15, 0.2) is 0 Å². The Kier molecular flexibility index (Phi) is 6.97. The van der Waals surface area contributed by atoms with E-state index in [2.05, 4.69) is 23.6 Å². The minimum Gasteiger partial charge on any atom is -0.329 e. The highest BCUT2D eigenvalue weighted by Crippen LogP contribution is 2.37. The van der Waals surface area contributed by atoms with E-state index in [4.69, 9.17) is 5.73 Å². The molecular weight excluding hydrogens is 258 g/mol. The molecule has 1 aliphatic heterocycles. The minimum absolute atomic E-state index is 0.307. The normalized spacial score (nSPS) is 31.1. The van der Waals surface area contributed by atoms with Gasteiger partial charge in [-0.3, -0.25) is 4.90 Å². The highest BCUT2D eigenvalue weighted by molar-refractivity contribution is 4.96. The fraction of sp³-hybridized carbons (Fsp3) is 1.00. The highest BCUT2D eigenvalue weighted by Gasteiger charge is 2.38.